The molecule has 4 saturated carbocycles. The van der Waals surface area contributed by atoms with Gasteiger partial charge in [-0.1, -0.05) is 32.1 Å². The van der Waals surface area contributed by atoms with Crippen molar-refractivity contribution < 1.29 is 24.1 Å². The van der Waals surface area contributed by atoms with Crippen molar-refractivity contribution >= 4 is 0 Å². The molecule has 48 heavy (non-hydrogen) atoms. The van der Waals surface area contributed by atoms with Crippen LogP contribution in [0.3, 0.4) is 0 Å². The highest BCUT2D eigenvalue weighted by atomic mass is 19.1. The van der Waals surface area contributed by atoms with Crippen LogP contribution in [0.5, 0.6) is 0 Å². The van der Waals surface area contributed by atoms with Crippen LogP contribution in [0, 0.1) is 58.0 Å². The van der Waals surface area contributed by atoms with Crippen molar-refractivity contribution in [1.29, 1.82) is 0 Å². The van der Waals surface area contributed by atoms with Crippen molar-refractivity contribution in [3.8, 4) is 0 Å². The predicted molar refractivity (Wildman–Crippen MR) is 175 cm³/mol. The number of aryl methyl sites for hydroxylation is 1. The Labute approximate surface area is 282 Å². The van der Waals surface area contributed by atoms with Crippen LogP contribution in [-0.2, 0) is 25.1 Å². The summed E-state index contributed by atoms with van der Waals surface area (Å²) in [5.41, 5.74) is -1.12. The number of hydrogen-bond acceptors (Lipinski definition) is 7. The molecule has 3 aromatic rings. The Bertz CT molecular complexity index is 1570. The molecule has 9 nitrogen and oxygen atoms in total. The molecule has 0 radical (unpaired) electrons. The molecule has 11 atom stereocenters. The molecule has 4 aliphatic carbocycles. The van der Waals surface area contributed by atoms with E-state index in [1.807, 2.05) is 0 Å². The lowest BCUT2D eigenvalue weighted by molar-refractivity contribution is -0.174. The molecule has 1 aromatic carbocycles. The molecule has 4 fully saturated rings. The van der Waals surface area contributed by atoms with Crippen LogP contribution < -0.4 is 0 Å². The maximum Gasteiger partial charge on any atom is 0.137 e. The van der Waals surface area contributed by atoms with E-state index >= 15 is 0 Å². The number of halogens is 2. The average molecular weight is 667 g/mol. The predicted octanol–water partition coefficient (Wildman–Crippen LogP) is 5.69. The van der Waals surface area contributed by atoms with E-state index < -0.39 is 17.2 Å². The largest absolute Gasteiger partial charge is 0.393 e. The summed E-state index contributed by atoms with van der Waals surface area (Å²) in [6.07, 6.45) is 14.6. The molecule has 0 amide bonds. The Kier molecular flexibility index (Phi) is 9.03. The third-order valence-electron chi connectivity index (χ3n) is 13.9. The first kappa shape index (κ1) is 33.7. The van der Waals surface area contributed by atoms with Gasteiger partial charge < -0.3 is 15.3 Å². The standard InChI is InChI=1S/C37H52F2N6O3/c1-23(29-10-11-30-28-8-6-24-15-27(46)12-13-35(24,2)32(28)17-34(47)36(29,30)3)5-4-14-44-19-26(42-43-44)18-37(48,20-45-22-40-21-41-45)31-9-7-25(38)16-33(31)39/h7,9,16,19,21-24,27-30,32,34,46-48H,4-6,8,10-15,17-18,20H2,1-3H3/t23-,24-,27-,28?,29-,30?,32?,34+,35+,36-,37?/m1/s1. The van der Waals surface area contributed by atoms with E-state index in [9.17, 15) is 24.1 Å². The summed E-state index contributed by atoms with van der Waals surface area (Å²) in [6.45, 7) is 7.79. The maximum absolute atomic E-state index is 14.9. The molecule has 11 heteroatoms. The van der Waals surface area contributed by atoms with E-state index in [1.54, 1.807) is 10.9 Å². The first-order chi connectivity index (χ1) is 22.9. The molecule has 3 N–H and O–H groups in total. The number of rotatable bonds is 10. The van der Waals surface area contributed by atoms with Gasteiger partial charge in [0, 0.05) is 30.8 Å². The topological polar surface area (TPSA) is 122 Å². The first-order valence-corrected chi connectivity index (χ1v) is 18.2. The Morgan fingerprint density at radius 3 is 2.65 bits per heavy atom. The average Bonchev–Trinajstić information content (AvgIpc) is 3.79. The van der Waals surface area contributed by atoms with Crippen LogP contribution in [0.4, 0.5) is 8.78 Å². The van der Waals surface area contributed by atoms with Crippen LogP contribution in [0.1, 0.15) is 96.2 Å². The first-order valence-electron chi connectivity index (χ1n) is 18.2. The van der Waals surface area contributed by atoms with Crippen LogP contribution in [0.25, 0.3) is 0 Å². The number of aliphatic hydroxyl groups excluding tert-OH is 2. The second-order valence-corrected chi connectivity index (χ2v) is 16.4. The highest BCUT2D eigenvalue weighted by molar-refractivity contribution is 5.27. The van der Waals surface area contributed by atoms with E-state index in [-0.39, 0.29) is 41.6 Å². The minimum atomic E-state index is -1.75. The summed E-state index contributed by atoms with van der Waals surface area (Å²) in [6, 6.07) is 3.16. The van der Waals surface area contributed by atoms with Crippen molar-refractivity contribution in [3.05, 3.63) is 59.9 Å². The number of aliphatic hydroxyl groups is 3. The lowest BCUT2D eigenvalue weighted by atomic mass is 9.43. The Hall–Kier alpha value is -2.76. The minimum Gasteiger partial charge on any atom is -0.393 e. The fraction of sp³-hybridized carbons (Fsp3) is 0.730. The van der Waals surface area contributed by atoms with Gasteiger partial charge in [-0.2, -0.15) is 5.10 Å². The van der Waals surface area contributed by atoms with Gasteiger partial charge in [0.15, 0.2) is 0 Å². The zero-order valence-corrected chi connectivity index (χ0v) is 28.6. The number of fused-ring (bicyclic) bond motifs is 5. The summed E-state index contributed by atoms with van der Waals surface area (Å²) < 4.78 is 31.8. The van der Waals surface area contributed by atoms with Gasteiger partial charge in [-0.05, 0) is 117 Å². The highest BCUT2D eigenvalue weighted by Gasteiger charge is 2.63. The molecule has 0 aliphatic heterocycles. The monoisotopic (exact) mass is 666 g/mol. The fourth-order valence-electron chi connectivity index (χ4n) is 11.5. The normalized spacial score (nSPS) is 36.5. The zero-order valence-electron chi connectivity index (χ0n) is 28.6. The molecule has 7 rings (SSSR count). The van der Waals surface area contributed by atoms with E-state index in [4.69, 9.17) is 0 Å². The molecule has 0 spiro atoms. The van der Waals surface area contributed by atoms with Crippen molar-refractivity contribution in [1.82, 2.24) is 29.8 Å². The Morgan fingerprint density at radius 1 is 1.04 bits per heavy atom. The van der Waals surface area contributed by atoms with Gasteiger partial charge in [-0.25, -0.2) is 18.4 Å². The number of nitrogens with zero attached hydrogens (tertiary/aromatic N) is 6. The van der Waals surface area contributed by atoms with Crippen molar-refractivity contribution in [2.75, 3.05) is 0 Å². The molecule has 4 aliphatic rings. The highest BCUT2D eigenvalue weighted by Crippen LogP contribution is 2.68. The summed E-state index contributed by atoms with van der Waals surface area (Å²) >= 11 is 0. The Balaban J connectivity index is 0.983. The summed E-state index contributed by atoms with van der Waals surface area (Å²) in [7, 11) is 0. The van der Waals surface area contributed by atoms with Gasteiger partial charge in [-0.3, -0.25) is 4.68 Å². The van der Waals surface area contributed by atoms with Gasteiger partial charge >= 0.3 is 0 Å². The summed E-state index contributed by atoms with van der Waals surface area (Å²) in [5.74, 6) is 1.75. The lowest BCUT2D eigenvalue weighted by Crippen LogP contribution is -2.58. The van der Waals surface area contributed by atoms with Crippen LogP contribution >= 0.6 is 0 Å². The van der Waals surface area contributed by atoms with Crippen molar-refractivity contribution in [3.63, 3.8) is 0 Å². The molecule has 2 aromatic heterocycles. The van der Waals surface area contributed by atoms with Crippen LogP contribution in [0.2, 0.25) is 0 Å². The summed E-state index contributed by atoms with van der Waals surface area (Å²) in [4.78, 5) is 3.93. The number of benzene rings is 1. The lowest BCUT2D eigenvalue weighted by Gasteiger charge is -2.62. The molecule has 0 bridgehead atoms. The maximum atomic E-state index is 14.9. The SMILES string of the molecule is C[C@H](CCCn1cc(CC(O)(Cn2cncn2)c2ccc(F)cc2F)nn1)[C@H]1CCC2C3CC[C@@H]4C[C@H](O)CC[C@]4(C)C3C[C@H](O)[C@@]21C. The third kappa shape index (κ3) is 5.91. The molecular formula is C37H52F2N6O3. The van der Waals surface area contributed by atoms with Gasteiger partial charge in [0.1, 0.15) is 29.9 Å². The second kappa shape index (κ2) is 12.8. The third-order valence-corrected chi connectivity index (χ3v) is 13.9. The number of aromatic nitrogens is 6. The van der Waals surface area contributed by atoms with E-state index in [1.165, 1.54) is 49.1 Å². The molecule has 0 saturated heterocycles. The molecule has 2 heterocycles. The Morgan fingerprint density at radius 2 is 1.88 bits per heavy atom. The smallest absolute Gasteiger partial charge is 0.137 e. The molecule has 4 unspecified atom stereocenters. The quantitative estimate of drug-likeness (QED) is 0.254. The zero-order chi connectivity index (χ0) is 33.8. The fourth-order valence-corrected chi connectivity index (χ4v) is 11.5. The summed E-state index contributed by atoms with van der Waals surface area (Å²) in [5, 5.41) is 46.7. The van der Waals surface area contributed by atoms with Crippen molar-refractivity contribution in [2.24, 2.45) is 46.3 Å². The van der Waals surface area contributed by atoms with Crippen molar-refractivity contribution in [2.45, 2.75) is 122 Å². The molecular weight excluding hydrogens is 614 g/mol. The van der Waals surface area contributed by atoms with Gasteiger partial charge in [0.05, 0.1) is 24.4 Å². The van der Waals surface area contributed by atoms with E-state index in [0.29, 0.717) is 47.7 Å². The van der Waals surface area contributed by atoms with E-state index in [0.717, 1.165) is 50.7 Å². The number of hydrogen-bond donors (Lipinski definition) is 3. The molecule has 262 valence electrons. The minimum absolute atomic E-state index is 0.0337. The second-order valence-electron chi connectivity index (χ2n) is 16.4. The van der Waals surface area contributed by atoms with Gasteiger partial charge in [0.25, 0.3) is 0 Å². The van der Waals surface area contributed by atoms with Crippen LogP contribution in [0.15, 0.2) is 37.1 Å². The van der Waals surface area contributed by atoms with Gasteiger partial charge in [-0.15, -0.1) is 5.10 Å². The van der Waals surface area contributed by atoms with Crippen LogP contribution in [-0.4, -0.2) is 57.3 Å². The van der Waals surface area contributed by atoms with Gasteiger partial charge in [0.2, 0.25) is 0 Å². The van der Waals surface area contributed by atoms with E-state index in [2.05, 4.69) is 41.2 Å².